The van der Waals surface area contributed by atoms with Crippen molar-refractivity contribution in [3.05, 3.63) is 71.8 Å². The summed E-state index contributed by atoms with van der Waals surface area (Å²) >= 11 is 0. The highest BCUT2D eigenvalue weighted by molar-refractivity contribution is 7.91. The molecule has 2 heterocycles. The van der Waals surface area contributed by atoms with Gasteiger partial charge in [0.25, 0.3) is 0 Å². The van der Waals surface area contributed by atoms with Crippen molar-refractivity contribution < 1.29 is 13.2 Å². The predicted molar refractivity (Wildman–Crippen MR) is 114 cm³/mol. The molecule has 29 heavy (non-hydrogen) atoms. The van der Waals surface area contributed by atoms with E-state index in [2.05, 4.69) is 24.3 Å². The standard InChI is InChI=1S/C23H28N2O3S/c26-23(25-13-11-20(12-14-25)19-7-3-1-4-8-19)22(21-9-5-2-6-10-21)24-15-17-29(27,28)18-16-24/h1-10,20,22H,11-18H2. The van der Waals surface area contributed by atoms with Gasteiger partial charge in [0.2, 0.25) is 5.91 Å². The molecule has 2 aliphatic rings. The summed E-state index contributed by atoms with van der Waals surface area (Å²) in [6, 6.07) is 19.9. The van der Waals surface area contributed by atoms with Gasteiger partial charge in [-0.15, -0.1) is 0 Å². The fourth-order valence-corrected chi connectivity index (χ4v) is 5.69. The summed E-state index contributed by atoms with van der Waals surface area (Å²) in [4.78, 5) is 17.6. The fourth-order valence-electron chi connectivity index (χ4n) is 4.46. The Kier molecular flexibility index (Phi) is 6.01. The summed E-state index contributed by atoms with van der Waals surface area (Å²) in [6.07, 6.45) is 1.93. The lowest BCUT2D eigenvalue weighted by atomic mass is 9.89. The summed E-state index contributed by atoms with van der Waals surface area (Å²) in [5.41, 5.74) is 2.29. The van der Waals surface area contributed by atoms with Gasteiger partial charge in [0.05, 0.1) is 11.5 Å². The van der Waals surface area contributed by atoms with E-state index in [-0.39, 0.29) is 17.4 Å². The Morgan fingerprint density at radius 2 is 1.38 bits per heavy atom. The van der Waals surface area contributed by atoms with Crippen molar-refractivity contribution in [1.82, 2.24) is 9.80 Å². The van der Waals surface area contributed by atoms with Crippen LogP contribution in [0.2, 0.25) is 0 Å². The maximum atomic E-state index is 13.5. The van der Waals surface area contributed by atoms with Gasteiger partial charge in [-0.2, -0.15) is 0 Å². The number of carbonyl (C=O) groups is 1. The lowest BCUT2D eigenvalue weighted by Gasteiger charge is -2.39. The first-order chi connectivity index (χ1) is 14.0. The molecule has 4 rings (SSSR count). The number of likely N-dealkylation sites (tertiary alicyclic amines) is 1. The molecule has 2 aliphatic heterocycles. The van der Waals surface area contributed by atoms with E-state index in [0.29, 0.717) is 19.0 Å². The van der Waals surface area contributed by atoms with Crippen LogP contribution in [0.5, 0.6) is 0 Å². The predicted octanol–water partition coefficient (Wildman–Crippen LogP) is 2.86. The largest absolute Gasteiger partial charge is 0.341 e. The third-order valence-corrected chi connectivity index (χ3v) is 7.78. The zero-order chi connectivity index (χ0) is 20.3. The zero-order valence-electron chi connectivity index (χ0n) is 16.6. The van der Waals surface area contributed by atoms with E-state index in [9.17, 15) is 13.2 Å². The van der Waals surface area contributed by atoms with E-state index in [1.807, 2.05) is 46.2 Å². The molecule has 2 aromatic rings. The van der Waals surface area contributed by atoms with Crippen LogP contribution < -0.4 is 0 Å². The third-order valence-electron chi connectivity index (χ3n) is 6.17. The molecule has 6 heteroatoms. The maximum Gasteiger partial charge on any atom is 0.244 e. The van der Waals surface area contributed by atoms with Crippen molar-refractivity contribution in [2.45, 2.75) is 24.8 Å². The highest BCUT2D eigenvalue weighted by Crippen LogP contribution is 2.31. The van der Waals surface area contributed by atoms with Gasteiger partial charge in [0.1, 0.15) is 6.04 Å². The average Bonchev–Trinajstić information content (AvgIpc) is 2.76. The molecule has 0 radical (unpaired) electrons. The van der Waals surface area contributed by atoms with Gasteiger partial charge in [-0.05, 0) is 29.9 Å². The van der Waals surface area contributed by atoms with Crippen LogP contribution in [0.3, 0.4) is 0 Å². The fraction of sp³-hybridized carbons (Fsp3) is 0.435. The van der Waals surface area contributed by atoms with Gasteiger partial charge in [-0.25, -0.2) is 8.42 Å². The van der Waals surface area contributed by atoms with Crippen molar-refractivity contribution in [2.24, 2.45) is 0 Å². The summed E-state index contributed by atoms with van der Waals surface area (Å²) in [6.45, 7) is 2.31. The second kappa shape index (κ2) is 8.67. The first-order valence-corrected chi connectivity index (χ1v) is 12.2. The van der Waals surface area contributed by atoms with Crippen LogP contribution in [-0.4, -0.2) is 61.8 Å². The number of benzene rings is 2. The van der Waals surface area contributed by atoms with Gasteiger partial charge in [-0.1, -0.05) is 60.7 Å². The first kappa shape index (κ1) is 20.1. The highest BCUT2D eigenvalue weighted by atomic mass is 32.2. The van der Waals surface area contributed by atoms with Crippen LogP contribution in [0.1, 0.15) is 35.9 Å². The average molecular weight is 413 g/mol. The molecule has 1 amide bonds. The van der Waals surface area contributed by atoms with Crippen LogP contribution in [0.25, 0.3) is 0 Å². The van der Waals surface area contributed by atoms with Crippen molar-refractivity contribution >= 4 is 15.7 Å². The molecule has 0 aromatic heterocycles. The number of amides is 1. The van der Waals surface area contributed by atoms with Crippen molar-refractivity contribution in [2.75, 3.05) is 37.7 Å². The second-order valence-electron chi connectivity index (χ2n) is 8.01. The van der Waals surface area contributed by atoms with Crippen LogP contribution in [0, 0.1) is 0 Å². The van der Waals surface area contributed by atoms with Gasteiger partial charge < -0.3 is 4.90 Å². The van der Waals surface area contributed by atoms with Crippen LogP contribution in [0.4, 0.5) is 0 Å². The minimum atomic E-state index is -2.99. The van der Waals surface area contributed by atoms with Crippen LogP contribution in [0.15, 0.2) is 60.7 Å². The molecule has 1 atom stereocenters. The van der Waals surface area contributed by atoms with E-state index >= 15 is 0 Å². The number of carbonyl (C=O) groups excluding carboxylic acids is 1. The van der Waals surface area contributed by atoms with Gasteiger partial charge in [-0.3, -0.25) is 9.69 Å². The molecule has 2 saturated heterocycles. The third kappa shape index (κ3) is 4.70. The smallest absolute Gasteiger partial charge is 0.244 e. The van der Waals surface area contributed by atoms with Gasteiger partial charge in [0, 0.05) is 26.2 Å². The van der Waals surface area contributed by atoms with Crippen LogP contribution >= 0.6 is 0 Å². The molecule has 0 bridgehead atoms. The Hall–Kier alpha value is -2.18. The molecule has 2 aromatic carbocycles. The Morgan fingerprint density at radius 3 is 1.97 bits per heavy atom. The van der Waals surface area contributed by atoms with E-state index in [1.165, 1.54) is 5.56 Å². The van der Waals surface area contributed by atoms with Crippen LogP contribution in [-0.2, 0) is 14.6 Å². The molecule has 154 valence electrons. The molecule has 2 fully saturated rings. The normalized spacial score (nSPS) is 21.6. The molecular formula is C23H28N2O3S. The summed E-state index contributed by atoms with van der Waals surface area (Å²) in [7, 11) is -2.99. The maximum absolute atomic E-state index is 13.5. The lowest BCUT2D eigenvalue weighted by molar-refractivity contribution is -0.138. The first-order valence-electron chi connectivity index (χ1n) is 10.4. The molecule has 0 N–H and O–H groups in total. The van der Waals surface area contributed by atoms with Crippen molar-refractivity contribution in [3.8, 4) is 0 Å². The highest BCUT2D eigenvalue weighted by Gasteiger charge is 2.36. The minimum absolute atomic E-state index is 0.0991. The monoisotopic (exact) mass is 412 g/mol. The molecule has 1 unspecified atom stereocenters. The SMILES string of the molecule is O=C(C(c1ccccc1)N1CCS(=O)(=O)CC1)N1CCC(c2ccccc2)CC1. The quantitative estimate of drug-likeness (QED) is 0.775. The Labute approximate surface area is 173 Å². The topological polar surface area (TPSA) is 57.7 Å². The number of nitrogens with zero attached hydrogens (tertiary/aromatic N) is 2. The molecular weight excluding hydrogens is 384 g/mol. The summed E-state index contributed by atoms with van der Waals surface area (Å²) in [5, 5.41) is 0. The van der Waals surface area contributed by atoms with E-state index < -0.39 is 15.9 Å². The number of piperidine rings is 1. The number of sulfone groups is 1. The summed E-state index contributed by atoms with van der Waals surface area (Å²) < 4.78 is 23.8. The minimum Gasteiger partial charge on any atom is -0.341 e. The van der Waals surface area contributed by atoms with Crippen molar-refractivity contribution in [1.29, 1.82) is 0 Å². The van der Waals surface area contributed by atoms with E-state index in [0.717, 1.165) is 31.5 Å². The number of hydrogen-bond acceptors (Lipinski definition) is 4. The zero-order valence-corrected chi connectivity index (χ0v) is 17.4. The Morgan fingerprint density at radius 1 is 0.828 bits per heavy atom. The lowest BCUT2D eigenvalue weighted by Crippen LogP contribution is -2.50. The molecule has 0 aliphatic carbocycles. The van der Waals surface area contributed by atoms with E-state index in [4.69, 9.17) is 0 Å². The Balaban J connectivity index is 1.49. The molecule has 0 spiro atoms. The van der Waals surface area contributed by atoms with E-state index in [1.54, 1.807) is 0 Å². The van der Waals surface area contributed by atoms with Crippen molar-refractivity contribution in [3.63, 3.8) is 0 Å². The second-order valence-corrected chi connectivity index (χ2v) is 10.3. The molecule has 0 saturated carbocycles. The van der Waals surface area contributed by atoms with Gasteiger partial charge >= 0.3 is 0 Å². The van der Waals surface area contributed by atoms with Gasteiger partial charge in [0.15, 0.2) is 9.84 Å². The number of hydrogen-bond donors (Lipinski definition) is 0. The number of rotatable bonds is 4. The molecule has 5 nitrogen and oxygen atoms in total. The Bertz CT molecular complexity index is 909. The summed E-state index contributed by atoms with van der Waals surface area (Å²) in [5.74, 6) is 0.844.